The Bertz CT molecular complexity index is 707. The summed E-state index contributed by atoms with van der Waals surface area (Å²) in [6.45, 7) is 12.8. The van der Waals surface area contributed by atoms with Crippen molar-refractivity contribution < 1.29 is 23.9 Å². The Morgan fingerprint density at radius 1 is 1.11 bits per heavy atom. The molecule has 0 saturated heterocycles. The Morgan fingerprint density at radius 3 is 2.32 bits per heavy atom. The molecule has 7 nitrogen and oxygen atoms in total. The number of ether oxygens (including phenoxy) is 2. The SMILES string of the molecule is Cc1cccc(C(C)C)c1NC(=O)[C@H](C)OC(=O)CCNC(=O)OC(C)(C)C. The van der Waals surface area contributed by atoms with Crippen LogP contribution in [0.5, 0.6) is 0 Å². The van der Waals surface area contributed by atoms with Crippen LogP contribution in [0.1, 0.15) is 65.0 Å². The molecule has 2 amide bonds. The molecule has 7 heteroatoms. The number of hydrogen-bond donors (Lipinski definition) is 2. The molecule has 0 aliphatic carbocycles. The summed E-state index contributed by atoms with van der Waals surface area (Å²) in [5.74, 6) is -0.732. The fraction of sp³-hybridized carbons (Fsp3) is 0.571. The fourth-order valence-corrected chi connectivity index (χ4v) is 2.46. The number of nitrogens with one attached hydrogen (secondary N) is 2. The predicted molar refractivity (Wildman–Crippen MR) is 108 cm³/mol. The first-order valence-corrected chi connectivity index (χ1v) is 9.47. The van der Waals surface area contributed by atoms with E-state index in [0.29, 0.717) is 0 Å². The van der Waals surface area contributed by atoms with Crippen LogP contribution in [0.3, 0.4) is 0 Å². The Kier molecular flexibility index (Phi) is 8.47. The summed E-state index contributed by atoms with van der Waals surface area (Å²) in [5.41, 5.74) is 2.10. The van der Waals surface area contributed by atoms with Crippen LogP contribution >= 0.6 is 0 Å². The lowest BCUT2D eigenvalue weighted by Gasteiger charge is -2.20. The molecule has 0 bridgehead atoms. The van der Waals surface area contributed by atoms with Crippen molar-refractivity contribution in [3.63, 3.8) is 0 Å². The minimum atomic E-state index is -0.950. The average molecular weight is 392 g/mol. The van der Waals surface area contributed by atoms with E-state index in [1.165, 1.54) is 6.92 Å². The molecule has 28 heavy (non-hydrogen) atoms. The summed E-state index contributed by atoms with van der Waals surface area (Å²) in [4.78, 5) is 35.9. The van der Waals surface area contributed by atoms with Crippen LogP contribution in [0.4, 0.5) is 10.5 Å². The van der Waals surface area contributed by atoms with Gasteiger partial charge in [-0.1, -0.05) is 32.0 Å². The van der Waals surface area contributed by atoms with Gasteiger partial charge < -0.3 is 20.1 Å². The zero-order chi connectivity index (χ0) is 21.5. The molecule has 156 valence electrons. The van der Waals surface area contributed by atoms with Gasteiger partial charge in [0, 0.05) is 12.2 Å². The molecule has 0 aliphatic heterocycles. The molecule has 0 unspecified atom stereocenters. The molecule has 0 spiro atoms. The van der Waals surface area contributed by atoms with E-state index >= 15 is 0 Å². The van der Waals surface area contributed by atoms with Crippen molar-refractivity contribution in [2.75, 3.05) is 11.9 Å². The van der Waals surface area contributed by atoms with Crippen LogP contribution in [0.15, 0.2) is 18.2 Å². The van der Waals surface area contributed by atoms with Gasteiger partial charge >= 0.3 is 12.1 Å². The summed E-state index contributed by atoms with van der Waals surface area (Å²) in [5, 5.41) is 5.34. The van der Waals surface area contributed by atoms with Crippen LogP contribution in [-0.2, 0) is 19.1 Å². The van der Waals surface area contributed by atoms with Gasteiger partial charge in [-0.2, -0.15) is 0 Å². The number of anilines is 1. The molecule has 1 aromatic rings. The number of carbonyl (C=O) groups excluding carboxylic acids is 3. The van der Waals surface area contributed by atoms with E-state index in [4.69, 9.17) is 9.47 Å². The first-order chi connectivity index (χ1) is 12.9. The highest BCUT2D eigenvalue weighted by Crippen LogP contribution is 2.27. The molecule has 0 heterocycles. The van der Waals surface area contributed by atoms with E-state index in [1.807, 2.05) is 39.0 Å². The number of benzene rings is 1. The largest absolute Gasteiger partial charge is 0.452 e. The molecule has 0 radical (unpaired) electrons. The maximum atomic E-state index is 12.4. The summed E-state index contributed by atoms with van der Waals surface area (Å²) >= 11 is 0. The van der Waals surface area contributed by atoms with Crippen LogP contribution < -0.4 is 10.6 Å². The number of para-hydroxylation sites is 1. The van der Waals surface area contributed by atoms with Crippen molar-refractivity contribution in [1.29, 1.82) is 0 Å². The molecule has 0 fully saturated rings. The predicted octanol–water partition coefficient (Wildman–Crippen LogP) is 3.90. The van der Waals surface area contributed by atoms with Crippen molar-refractivity contribution in [2.24, 2.45) is 0 Å². The quantitative estimate of drug-likeness (QED) is 0.686. The van der Waals surface area contributed by atoms with E-state index in [0.717, 1.165) is 16.8 Å². The van der Waals surface area contributed by atoms with Crippen molar-refractivity contribution in [3.05, 3.63) is 29.3 Å². The summed E-state index contributed by atoms with van der Waals surface area (Å²) in [6, 6.07) is 5.83. The van der Waals surface area contributed by atoms with Gasteiger partial charge in [0.15, 0.2) is 6.10 Å². The third-order valence-electron chi connectivity index (χ3n) is 3.85. The molecule has 0 saturated carbocycles. The lowest BCUT2D eigenvalue weighted by molar-refractivity contribution is -0.153. The summed E-state index contributed by atoms with van der Waals surface area (Å²) in [7, 11) is 0. The molecule has 2 N–H and O–H groups in total. The van der Waals surface area contributed by atoms with E-state index in [-0.39, 0.29) is 18.9 Å². The second kappa shape index (κ2) is 10.1. The number of alkyl carbamates (subject to hydrolysis) is 1. The molecular formula is C21H32N2O5. The zero-order valence-corrected chi connectivity index (χ0v) is 17.8. The fourth-order valence-electron chi connectivity index (χ4n) is 2.46. The average Bonchev–Trinajstić information content (AvgIpc) is 2.54. The van der Waals surface area contributed by atoms with Crippen molar-refractivity contribution in [1.82, 2.24) is 5.32 Å². The standard InChI is InChI=1S/C21H32N2O5/c1-13(2)16-10-8-9-14(3)18(16)23-19(25)15(4)27-17(24)11-12-22-20(26)28-21(5,6)7/h8-10,13,15H,11-12H2,1-7H3,(H,22,26)(H,23,25)/t15-/m0/s1. The van der Waals surface area contributed by atoms with E-state index < -0.39 is 29.7 Å². The maximum absolute atomic E-state index is 12.4. The number of rotatable bonds is 7. The molecule has 1 atom stereocenters. The van der Waals surface area contributed by atoms with Gasteiger partial charge in [0.05, 0.1) is 6.42 Å². The van der Waals surface area contributed by atoms with Crippen LogP contribution in [0.2, 0.25) is 0 Å². The Hall–Kier alpha value is -2.57. The molecule has 1 rings (SSSR count). The Morgan fingerprint density at radius 2 is 1.75 bits per heavy atom. The summed E-state index contributed by atoms with van der Waals surface area (Å²) in [6.07, 6.45) is -1.61. The number of carbonyl (C=O) groups is 3. The van der Waals surface area contributed by atoms with Gasteiger partial charge in [-0.05, 0) is 51.7 Å². The summed E-state index contributed by atoms with van der Waals surface area (Å²) < 4.78 is 10.2. The van der Waals surface area contributed by atoms with E-state index in [2.05, 4.69) is 10.6 Å². The number of esters is 1. The second-order valence-corrected chi connectivity index (χ2v) is 7.99. The smallest absolute Gasteiger partial charge is 0.407 e. The molecular weight excluding hydrogens is 360 g/mol. The van der Waals surface area contributed by atoms with Gasteiger partial charge in [0.25, 0.3) is 5.91 Å². The first kappa shape index (κ1) is 23.5. The topological polar surface area (TPSA) is 93.7 Å². The zero-order valence-electron chi connectivity index (χ0n) is 17.8. The van der Waals surface area contributed by atoms with E-state index in [1.54, 1.807) is 20.8 Å². The highest BCUT2D eigenvalue weighted by Gasteiger charge is 2.21. The third-order valence-corrected chi connectivity index (χ3v) is 3.85. The first-order valence-electron chi connectivity index (χ1n) is 9.47. The number of hydrogen-bond acceptors (Lipinski definition) is 5. The molecule has 0 aromatic heterocycles. The Labute approximate surface area is 167 Å². The normalized spacial score (nSPS) is 12.3. The van der Waals surface area contributed by atoms with Gasteiger partial charge in [-0.15, -0.1) is 0 Å². The highest BCUT2D eigenvalue weighted by atomic mass is 16.6. The van der Waals surface area contributed by atoms with Crippen molar-refractivity contribution in [3.8, 4) is 0 Å². The Balaban J connectivity index is 2.53. The van der Waals surface area contributed by atoms with Crippen LogP contribution in [0, 0.1) is 6.92 Å². The van der Waals surface area contributed by atoms with E-state index in [9.17, 15) is 14.4 Å². The van der Waals surface area contributed by atoms with Gasteiger partial charge in [-0.3, -0.25) is 9.59 Å². The monoisotopic (exact) mass is 392 g/mol. The highest BCUT2D eigenvalue weighted by molar-refractivity contribution is 5.96. The number of aryl methyl sites for hydroxylation is 1. The maximum Gasteiger partial charge on any atom is 0.407 e. The molecule has 1 aromatic carbocycles. The van der Waals surface area contributed by atoms with Crippen molar-refractivity contribution >= 4 is 23.7 Å². The van der Waals surface area contributed by atoms with Gasteiger partial charge in [0.2, 0.25) is 0 Å². The molecule has 0 aliphatic rings. The van der Waals surface area contributed by atoms with Gasteiger partial charge in [0.1, 0.15) is 5.60 Å². The lowest BCUT2D eigenvalue weighted by Crippen LogP contribution is -2.35. The third kappa shape index (κ3) is 7.98. The van der Waals surface area contributed by atoms with Crippen LogP contribution in [-0.4, -0.2) is 36.2 Å². The second-order valence-electron chi connectivity index (χ2n) is 7.99. The van der Waals surface area contributed by atoms with Gasteiger partial charge in [-0.25, -0.2) is 4.79 Å². The van der Waals surface area contributed by atoms with Crippen LogP contribution in [0.25, 0.3) is 0 Å². The lowest BCUT2D eigenvalue weighted by atomic mass is 9.98. The minimum absolute atomic E-state index is 0.0571. The minimum Gasteiger partial charge on any atom is -0.452 e. The van der Waals surface area contributed by atoms with Crippen molar-refractivity contribution in [2.45, 2.75) is 72.5 Å². The number of amides is 2.